The van der Waals surface area contributed by atoms with Crippen LogP contribution in [0.1, 0.15) is 69.4 Å². The average Bonchev–Trinajstić information content (AvgIpc) is 2.69. The second kappa shape index (κ2) is 9.27. The van der Waals surface area contributed by atoms with E-state index in [1.165, 1.54) is 0 Å². The summed E-state index contributed by atoms with van der Waals surface area (Å²) >= 11 is 6.30. The summed E-state index contributed by atoms with van der Waals surface area (Å²) in [7, 11) is -3.76. The molecule has 0 saturated carbocycles. The largest absolute Gasteiger partial charge is 0.507 e. The highest BCUT2D eigenvalue weighted by Gasteiger charge is 2.27. The zero-order valence-electron chi connectivity index (χ0n) is 21.0. The van der Waals surface area contributed by atoms with E-state index in [1.807, 2.05) is 19.1 Å². The number of halogens is 1. The lowest BCUT2D eigenvalue weighted by Crippen LogP contribution is -2.18. The molecule has 3 aromatic rings. The molecule has 4 nitrogen and oxygen atoms in total. The van der Waals surface area contributed by atoms with Gasteiger partial charge < -0.3 is 5.11 Å². The van der Waals surface area contributed by atoms with E-state index in [9.17, 15) is 13.5 Å². The van der Waals surface area contributed by atoms with Crippen LogP contribution in [-0.2, 0) is 27.3 Å². The first kappa shape index (κ1) is 26.1. The molecular formula is C28H34ClNO3S. The number of rotatable bonds is 5. The fourth-order valence-corrected chi connectivity index (χ4v) is 5.18. The smallest absolute Gasteiger partial charge is 0.261 e. The first-order valence-corrected chi connectivity index (χ1v) is 13.2. The molecule has 0 aliphatic carbocycles. The number of hydrogen-bond acceptors (Lipinski definition) is 3. The van der Waals surface area contributed by atoms with Crippen molar-refractivity contribution in [3.05, 3.63) is 87.4 Å². The molecule has 2 N–H and O–H groups in total. The van der Waals surface area contributed by atoms with Gasteiger partial charge >= 0.3 is 0 Å². The van der Waals surface area contributed by atoms with Gasteiger partial charge in [0.2, 0.25) is 0 Å². The molecule has 0 unspecified atom stereocenters. The highest BCUT2D eigenvalue weighted by atomic mass is 35.5. The lowest BCUT2D eigenvalue weighted by atomic mass is 9.78. The lowest BCUT2D eigenvalue weighted by molar-refractivity contribution is 0.423. The van der Waals surface area contributed by atoms with Gasteiger partial charge in [0.15, 0.2) is 0 Å². The van der Waals surface area contributed by atoms with Crippen molar-refractivity contribution in [1.29, 1.82) is 0 Å². The van der Waals surface area contributed by atoms with Crippen LogP contribution in [-0.4, -0.2) is 13.5 Å². The van der Waals surface area contributed by atoms with Gasteiger partial charge in [-0.15, -0.1) is 0 Å². The molecule has 0 radical (unpaired) electrons. The second-order valence-corrected chi connectivity index (χ2v) is 13.1. The number of benzene rings is 3. The summed E-state index contributed by atoms with van der Waals surface area (Å²) in [6, 6.07) is 15.9. The molecule has 0 atom stereocenters. The molecule has 182 valence electrons. The third-order valence-electron chi connectivity index (χ3n) is 5.82. The van der Waals surface area contributed by atoms with Crippen LogP contribution < -0.4 is 4.72 Å². The van der Waals surface area contributed by atoms with Gasteiger partial charge in [0.05, 0.1) is 10.6 Å². The van der Waals surface area contributed by atoms with E-state index in [0.29, 0.717) is 22.9 Å². The number of phenolic OH excluding ortho intramolecular Hbond substituents is 1. The fraction of sp³-hybridized carbons (Fsp3) is 0.357. The molecule has 3 rings (SSSR count). The normalized spacial score (nSPS) is 12.6. The van der Waals surface area contributed by atoms with E-state index in [2.05, 4.69) is 46.3 Å². The Morgan fingerprint density at radius 1 is 0.853 bits per heavy atom. The molecule has 0 saturated heterocycles. The summed E-state index contributed by atoms with van der Waals surface area (Å²) in [5, 5.41) is 11.6. The van der Waals surface area contributed by atoms with E-state index in [-0.39, 0.29) is 15.7 Å². The van der Waals surface area contributed by atoms with Gasteiger partial charge in [0, 0.05) is 5.02 Å². The summed E-state index contributed by atoms with van der Waals surface area (Å²) in [5.41, 5.74) is 4.40. The first-order chi connectivity index (χ1) is 15.6. The van der Waals surface area contributed by atoms with Crippen LogP contribution >= 0.6 is 11.6 Å². The second-order valence-electron chi connectivity index (χ2n) is 10.9. The van der Waals surface area contributed by atoms with Crippen molar-refractivity contribution in [3.8, 4) is 5.75 Å². The average molecular weight is 500 g/mol. The van der Waals surface area contributed by atoms with Gasteiger partial charge in [-0.25, -0.2) is 8.42 Å². The molecule has 34 heavy (non-hydrogen) atoms. The minimum atomic E-state index is -3.76. The Balaban J connectivity index is 2.07. The van der Waals surface area contributed by atoms with E-state index >= 15 is 0 Å². The van der Waals surface area contributed by atoms with Crippen molar-refractivity contribution in [2.24, 2.45) is 0 Å². The molecule has 0 bridgehead atoms. The minimum Gasteiger partial charge on any atom is -0.507 e. The van der Waals surface area contributed by atoms with Crippen LogP contribution in [0.15, 0.2) is 59.5 Å². The fourth-order valence-electron chi connectivity index (χ4n) is 3.89. The number of hydrogen-bond donors (Lipinski definition) is 2. The van der Waals surface area contributed by atoms with Gasteiger partial charge in [-0.1, -0.05) is 83.0 Å². The third kappa shape index (κ3) is 5.94. The highest BCUT2D eigenvalue weighted by Crippen LogP contribution is 2.40. The molecule has 3 aromatic carbocycles. The van der Waals surface area contributed by atoms with Crippen molar-refractivity contribution in [2.75, 3.05) is 4.72 Å². The Hall–Kier alpha value is -2.50. The zero-order valence-corrected chi connectivity index (χ0v) is 22.5. The molecule has 0 aliphatic rings. The summed E-state index contributed by atoms with van der Waals surface area (Å²) < 4.78 is 28.8. The summed E-state index contributed by atoms with van der Waals surface area (Å²) in [4.78, 5) is 0.202. The predicted octanol–water partition coefficient (Wildman–Crippen LogP) is 7.34. The molecule has 0 heterocycles. The van der Waals surface area contributed by atoms with Gasteiger partial charge in [0.25, 0.3) is 10.0 Å². The topological polar surface area (TPSA) is 66.4 Å². The molecule has 0 aromatic heterocycles. The van der Waals surface area contributed by atoms with Crippen molar-refractivity contribution in [3.63, 3.8) is 0 Å². The SMILES string of the molecule is Cc1ccc(S(=O)(=O)Nc2ccc(Cl)cc2Cc2cc(C(C)(C)C)c(O)c(C(C)(C)C)c2)cc1. The standard InChI is InChI=1S/C28H34ClNO3S/c1-18-8-11-22(12-9-18)34(32,33)30-25-13-10-21(29)17-20(25)14-19-15-23(27(2,3)4)26(31)24(16-19)28(5,6)7/h8-13,15-17,30-31H,14H2,1-7H3. The number of anilines is 1. The Morgan fingerprint density at radius 2 is 1.38 bits per heavy atom. The first-order valence-electron chi connectivity index (χ1n) is 11.3. The highest BCUT2D eigenvalue weighted by molar-refractivity contribution is 7.92. The van der Waals surface area contributed by atoms with Crippen molar-refractivity contribution < 1.29 is 13.5 Å². The lowest BCUT2D eigenvalue weighted by Gasteiger charge is -2.28. The quantitative estimate of drug-likeness (QED) is 0.386. The summed E-state index contributed by atoms with van der Waals surface area (Å²) in [6.07, 6.45) is 0.457. The Morgan fingerprint density at radius 3 is 1.88 bits per heavy atom. The third-order valence-corrected chi connectivity index (χ3v) is 7.44. The van der Waals surface area contributed by atoms with Crippen LogP contribution in [0.25, 0.3) is 0 Å². The number of phenols is 1. The Kier molecular flexibility index (Phi) is 7.12. The van der Waals surface area contributed by atoms with Crippen LogP contribution in [0.2, 0.25) is 5.02 Å². The maximum absolute atomic E-state index is 13.0. The molecular weight excluding hydrogens is 466 g/mol. The van der Waals surface area contributed by atoms with Gasteiger partial charge in [-0.3, -0.25) is 4.72 Å². The minimum absolute atomic E-state index is 0.202. The van der Waals surface area contributed by atoms with E-state index in [0.717, 1.165) is 27.8 Å². The van der Waals surface area contributed by atoms with Gasteiger partial charge in [-0.2, -0.15) is 0 Å². The molecule has 0 spiro atoms. The number of nitrogens with one attached hydrogen (secondary N) is 1. The predicted molar refractivity (Wildman–Crippen MR) is 142 cm³/mol. The monoisotopic (exact) mass is 499 g/mol. The number of aromatic hydroxyl groups is 1. The summed E-state index contributed by atoms with van der Waals surface area (Å²) in [5.74, 6) is 0.315. The maximum atomic E-state index is 13.0. The van der Waals surface area contributed by atoms with E-state index in [4.69, 9.17) is 11.6 Å². The van der Waals surface area contributed by atoms with E-state index < -0.39 is 10.0 Å². The van der Waals surface area contributed by atoms with Crippen molar-refractivity contribution in [2.45, 2.75) is 70.6 Å². The zero-order chi connectivity index (χ0) is 25.5. The van der Waals surface area contributed by atoms with E-state index in [1.54, 1.807) is 42.5 Å². The number of aryl methyl sites for hydroxylation is 1. The Labute approximate surface area is 209 Å². The maximum Gasteiger partial charge on any atom is 0.261 e. The van der Waals surface area contributed by atoms with Crippen LogP contribution in [0.4, 0.5) is 5.69 Å². The molecule has 0 aliphatic heterocycles. The number of sulfonamides is 1. The van der Waals surface area contributed by atoms with Crippen molar-refractivity contribution in [1.82, 2.24) is 0 Å². The van der Waals surface area contributed by atoms with Crippen molar-refractivity contribution >= 4 is 27.3 Å². The summed E-state index contributed by atoms with van der Waals surface area (Å²) in [6.45, 7) is 14.3. The van der Waals surface area contributed by atoms with Crippen LogP contribution in [0, 0.1) is 6.92 Å². The van der Waals surface area contributed by atoms with Gasteiger partial charge in [-0.05, 0) is 76.8 Å². The molecule has 6 heteroatoms. The van der Waals surface area contributed by atoms with Crippen LogP contribution in [0.5, 0.6) is 5.75 Å². The molecule has 0 amide bonds. The van der Waals surface area contributed by atoms with Crippen LogP contribution in [0.3, 0.4) is 0 Å². The Bertz CT molecular complexity index is 1260. The van der Waals surface area contributed by atoms with Gasteiger partial charge in [0.1, 0.15) is 5.75 Å². The molecule has 0 fully saturated rings.